The van der Waals surface area contributed by atoms with Gasteiger partial charge in [-0.3, -0.25) is 14.8 Å². The summed E-state index contributed by atoms with van der Waals surface area (Å²) in [6.07, 6.45) is 3.22. The maximum absolute atomic E-state index is 12.0. The zero-order valence-electron chi connectivity index (χ0n) is 15.4. The van der Waals surface area contributed by atoms with E-state index in [1.165, 1.54) is 0 Å². The number of hydrogen-bond donors (Lipinski definition) is 2. The van der Waals surface area contributed by atoms with Crippen LogP contribution in [0.4, 0.5) is 0 Å². The Morgan fingerprint density at radius 2 is 2.08 bits per heavy atom. The summed E-state index contributed by atoms with van der Waals surface area (Å²) >= 11 is 0. The zero-order valence-corrected chi connectivity index (χ0v) is 15.4. The fourth-order valence-corrected chi connectivity index (χ4v) is 2.73. The molecule has 132 valence electrons. The number of rotatable bonds is 5. The normalized spacial score (nSPS) is 18.7. The molecule has 2 heterocycles. The Labute approximate surface area is 144 Å². The van der Waals surface area contributed by atoms with Crippen molar-refractivity contribution in [3.8, 4) is 0 Å². The first kappa shape index (κ1) is 18.2. The first-order valence-corrected chi connectivity index (χ1v) is 8.54. The third-order valence-corrected chi connectivity index (χ3v) is 5.06. The van der Waals surface area contributed by atoms with Gasteiger partial charge in [-0.2, -0.15) is 0 Å². The highest BCUT2D eigenvalue weighted by Gasteiger charge is 2.53. The monoisotopic (exact) mass is 331 g/mol. The Balaban J connectivity index is 1.90. The highest BCUT2D eigenvalue weighted by atomic mass is 16.1. The summed E-state index contributed by atoms with van der Waals surface area (Å²) in [6, 6.07) is 3.50. The molecule has 0 aliphatic carbocycles. The van der Waals surface area contributed by atoms with Crippen molar-refractivity contribution in [1.82, 2.24) is 20.5 Å². The molecule has 2 N–H and O–H groups in total. The van der Waals surface area contributed by atoms with Crippen molar-refractivity contribution in [2.24, 2.45) is 10.4 Å². The van der Waals surface area contributed by atoms with E-state index in [9.17, 15) is 4.79 Å². The summed E-state index contributed by atoms with van der Waals surface area (Å²) in [5.41, 5.74) is 0.893. The number of hydrogen-bond acceptors (Lipinski definition) is 3. The van der Waals surface area contributed by atoms with Gasteiger partial charge in [0.1, 0.15) is 0 Å². The average molecular weight is 331 g/mol. The number of amides is 1. The molecular formula is C18H29N5O. The maximum atomic E-state index is 12.0. The molecule has 1 amide bonds. The van der Waals surface area contributed by atoms with Crippen LogP contribution < -0.4 is 10.6 Å². The second-order valence-corrected chi connectivity index (χ2v) is 7.26. The number of nitrogens with one attached hydrogen (secondary N) is 2. The smallest absolute Gasteiger partial charge is 0.252 e. The summed E-state index contributed by atoms with van der Waals surface area (Å²) in [5, 5.41) is 6.23. The number of carbonyl (C=O) groups excluding carboxylic acids is 1. The largest absolute Gasteiger partial charge is 0.356 e. The van der Waals surface area contributed by atoms with Crippen molar-refractivity contribution >= 4 is 11.9 Å². The highest BCUT2D eigenvalue weighted by molar-refractivity contribution is 5.93. The lowest BCUT2D eigenvalue weighted by molar-refractivity contribution is -0.0667. The number of carbonyl (C=O) groups is 1. The van der Waals surface area contributed by atoms with E-state index < -0.39 is 0 Å². The number of guanidine groups is 1. The van der Waals surface area contributed by atoms with E-state index in [0.29, 0.717) is 18.7 Å². The maximum Gasteiger partial charge on any atom is 0.252 e. The molecule has 1 aromatic heterocycles. The quantitative estimate of drug-likeness (QED) is 0.491. The Bertz CT molecular complexity index is 595. The van der Waals surface area contributed by atoms with Crippen LogP contribution in [0.15, 0.2) is 29.5 Å². The second kappa shape index (κ2) is 7.20. The van der Waals surface area contributed by atoms with Crippen molar-refractivity contribution < 1.29 is 4.79 Å². The molecule has 1 fully saturated rings. The number of aliphatic imine (C=N–C) groups is 1. The summed E-state index contributed by atoms with van der Waals surface area (Å²) in [4.78, 5) is 22.9. The van der Waals surface area contributed by atoms with Crippen molar-refractivity contribution in [1.29, 1.82) is 0 Å². The molecule has 0 spiro atoms. The van der Waals surface area contributed by atoms with E-state index in [-0.39, 0.29) is 16.9 Å². The lowest BCUT2D eigenvalue weighted by atomic mass is 9.65. The SMILES string of the molecule is CCNC(=NCCNC(=O)c1cccnc1)N1CC(C)(C)C1(C)C. The average Bonchev–Trinajstić information content (AvgIpc) is 2.56. The van der Waals surface area contributed by atoms with Gasteiger partial charge in [-0.1, -0.05) is 13.8 Å². The van der Waals surface area contributed by atoms with Crippen LogP contribution in [0.3, 0.4) is 0 Å². The number of likely N-dealkylation sites (tertiary alicyclic amines) is 1. The van der Waals surface area contributed by atoms with Gasteiger partial charge in [0.15, 0.2) is 5.96 Å². The van der Waals surface area contributed by atoms with E-state index >= 15 is 0 Å². The molecular weight excluding hydrogens is 302 g/mol. The summed E-state index contributed by atoms with van der Waals surface area (Å²) in [6.45, 7) is 14.0. The minimum absolute atomic E-state index is 0.0625. The molecule has 0 radical (unpaired) electrons. The summed E-state index contributed by atoms with van der Waals surface area (Å²) in [5.74, 6) is 0.797. The Hall–Kier alpha value is -2.11. The van der Waals surface area contributed by atoms with Crippen molar-refractivity contribution in [2.45, 2.75) is 40.2 Å². The lowest BCUT2D eigenvalue weighted by Crippen LogP contribution is -2.72. The van der Waals surface area contributed by atoms with Crippen LogP contribution in [-0.2, 0) is 0 Å². The van der Waals surface area contributed by atoms with Gasteiger partial charge in [-0.15, -0.1) is 0 Å². The third-order valence-electron chi connectivity index (χ3n) is 5.06. The molecule has 0 aromatic carbocycles. The fourth-order valence-electron chi connectivity index (χ4n) is 2.73. The van der Waals surface area contributed by atoms with Gasteiger partial charge < -0.3 is 15.5 Å². The van der Waals surface area contributed by atoms with Crippen LogP contribution in [-0.4, -0.2) is 53.5 Å². The minimum Gasteiger partial charge on any atom is -0.356 e. The first-order chi connectivity index (χ1) is 11.3. The van der Waals surface area contributed by atoms with Gasteiger partial charge in [-0.25, -0.2) is 0 Å². The molecule has 6 heteroatoms. The molecule has 1 aromatic rings. The topological polar surface area (TPSA) is 69.6 Å². The fraction of sp³-hybridized carbons (Fsp3) is 0.611. The molecule has 1 aliphatic rings. The van der Waals surface area contributed by atoms with Crippen LogP contribution in [0, 0.1) is 5.41 Å². The number of pyridine rings is 1. The van der Waals surface area contributed by atoms with Crippen LogP contribution in [0.25, 0.3) is 0 Å². The van der Waals surface area contributed by atoms with Crippen LogP contribution in [0.2, 0.25) is 0 Å². The Morgan fingerprint density at radius 1 is 1.33 bits per heavy atom. The van der Waals surface area contributed by atoms with Gasteiger partial charge in [0, 0.05) is 43.0 Å². The van der Waals surface area contributed by atoms with E-state index in [2.05, 4.69) is 60.1 Å². The van der Waals surface area contributed by atoms with Gasteiger partial charge >= 0.3 is 0 Å². The van der Waals surface area contributed by atoms with E-state index in [1.54, 1.807) is 24.5 Å². The van der Waals surface area contributed by atoms with Crippen molar-refractivity contribution in [3.05, 3.63) is 30.1 Å². The van der Waals surface area contributed by atoms with Crippen LogP contribution in [0.1, 0.15) is 45.0 Å². The van der Waals surface area contributed by atoms with E-state index in [1.807, 2.05) is 0 Å². The summed E-state index contributed by atoms with van der Waals surface area (Å²) in [7, 11) is 0. The molecule has 24 heavy (non-hydrogen) atoms. The molecule has 6 nitrogen and oxygen atoms in total. The molecule has 0 atom stereocenters. The van der Waals surface area contributed by atoms with Crippen LogP contribution >= 0.6 is 0 Å². The van der Waals surface area contributed by atoms with Gasteiger partial charge in [0.25, 0.3) is 5.91 Å². The molecule has 0 bridgehead atoms. The minimum atomic E-state index is -0.117. The van der Waals surface area contributed by atoms with Crippen LogP contribution in [0.5, 0.6) is 0 Å². The Morgan fingerprint density at radius 3 is 2.62 bits per heavy atom. The van der Waals surface area contributed by atoms with Crippen molar-refractivity contribution in [3.63, 3.8) is 0 Å². The lowest BCUT2D eigenvalue weighted by Gasteiger charge is -2.62. The van der Waals surface area contributed by atoms with Gasteiger partial charge in [0.2, 0.25) is 0 Å². The predicted molar refractivity (Wildman–Crippen MR) is 97.1 cm³/mol. The summed E-state index contributed by atoms with van der Waals surface area (Å²) < 4.78 is 0. The van der Waals surface area contributed by atoms with Gasteiger partial charge in [0.05, 0.1) is 12.1 Å². The second-order valence-electron chi connectivity index (χ2n) is 7.26. The molecule has 0 unspecified atom stereocenters. The van der Waals surface area contributed by atoms with E-state index in [0.717, 1.165) is 19.0 Å². The third kappa shape index (κ3) is 3.68. The Kier molecular flexibility index (Phi) is 5.47. The molecule has 1 aliphatic heterocycles. The first-order valence-electron chi connectivity index (χ1n) is 8.54. The predicted octanol–water partition coefficient (Wildman–Crippen LogP) is 1.90. The molecule has 2 rings (SSSR count). The molecule has 1 saturated heterocycles. The molecule has 0 saturated carbocycles. The van der Waals surface area contributed by atoms with E-state index in [4.69, 9.17) is 0 Å². The number of nitrogens with zero attached hydrogens (tertiary/aromatic N) is 3. The van der Waals surface area contributed by atoms with Crippen molar-refractivity contribution in [2.75, 3.05) is 26.2 Å². The zero-order chi connectivity index (χ0) is 17.8. The number of aromatic nitrogens is 1. The van der Waals surface area contributed by atoms with Gasteiger partial charge in [-0.05, 0) is 32.9 Å². The standard InChI is InChI=1S/C18H29N5O/c1-6-20-16(23-13-17(2,3)18(23,4)5)22-11-10-21-15(24)14-8-7-9-19-12-14/h7-9,12H,6,10-11,13H2,1-5H3,(H,20,22)(H,21,24). The highest BCUT2D eigenvalue weighted by Crippen LogP contribution is 2.46.